The van der Waals surface area contributed by atoms with Gasteiger partial charge in [0, 0.05) is 11.9 Å². The molecule has 0 atom stereocenters. The summed E-state index contributed by atoms with van der Waals surface area (Å²) in [6.07, 6.45) is 5.66. The minimum absolute atomic E-state index is 0.188. The van der Waals surface area contributed by atoms with Gasteiger partial charge in [-0.25, -0.2) is 0 Å². The monoisotopic (exact) mass is 181 g/mol. The van der Waals surface area contributed by atoms with Gasteiger partial charge >= 0.3 is 0 Å². The van der Waals surface area contributed by atoms with Gasteiger partial charge in [0.05, 0.1) is 6.67 Å². The molecule has 1 heterocycles. The fourth-order valence-electron chi connectivity index (χ4n) is 1.25. The maximum Gasteiger partial charge on any atom is 0.0894 e. The quantitative estimate of drug-likeness (QED) is 0.636. The summed E-state index contributed by atoms with van der Waals surface area (Å²) in [4.78, 5) is 4.20. The number of rotatable bonds is 5. The van der Waals surface area contributed by atoms with Gasteiger partial charge < -0.3 is 0 Å². The summed E-state index contributed by atoms with van der Waals surface area (Å²) in [7, 11) is 0. The van der Waals surface area contributed by atoms with Crippen LogP contribution in [0.4, 0.5) is 4.39 Å². The molecule has 0 amide bonds. The lowest BCUT2D eigenvalue weighted by Crippen LogP contribution is -1.89. The smallest absolute Gasteiger partial charge is 0.0894 e. The molecule has 0 saturated carbocycles. The molecule has 0 aliphatic carbocycles. The summed E-state index contributed by atoms with van der Waals surface area (Å²) >= 11 is 0. The van der Waals surface area contributed by atoms with Crippen LogP contribution in [0, 0.1) is 6.92 Å². The highest BCUT2D eigenvalue weighted by Gasteiger charge is 1.93. The van der Waals surface area contributed by atoms with E-state index in [1.165, 1.54) is 5.56 Å². The minimum Gasteiger partial charge on any atom is -0.261 e. The van der Waals surface area contributed by atoms with Crippen molar-refractivity contribution >= 4 is 0 Å². The fourth-order valence-corrected chi connectivity index (χ4v) is 1.25. The van der Waals surface area contributed by atoms with Crippen LogP contribution in [0.15, 0.2) is 18.3 Å². The summed E-state index contributed by atoms with van der Waals surface area (Å²) in [5.41, 5.74) is 2.30. The van der Waals surface area contributed by atoms with Gasteiger partial charge in [-0.3, -0.25) is 9.37 Å². The lowest BCUT2D eigenvalue weighted by molar-refractivity contribution is 0.456. The molecule has 0 fully saturated rings. The first-order valence-electron chi connectivity index (χ1n) is 4.80. The van der Waals surface area contributed by atoms with Crippen LogP contribution in [-0.2, 0) is 6.42 Å². The number of nitrogens with zero attached hydrogens (tertiary/aromatic N) is 1. The van der Waals surface area contributed by atoms with Crippen molar-refractivity contribution in [3.8, 4) is 0 Å². The summed E-state index contributed by atoms with van der Waals surface area (Å²) in [6, 6.07) is 4.11. The molecule has 0 aromatic carbocycles. The molecule has 0 spiro atoms. The number of halogens is 1. The van der Waals surface area contributed by atoms with E-state index in [0.717, 1.165) is 25.0 Å². The van der Waals surface area contributed by atoms with Gasteiger partial charge in [-0.1, -0.05) is 12.5 Å². The van der Waals surface area contributed by atoms with Gasteiger partial charge in [0.1, 0.15) is 0 Å². The van der Waals surface area contributed by atoms with Crippen LogP contribution in [0.25, 0.3) is 0 Å². The van der Waals surface area contributed by atoms with Crippen LogP contribution in [0.1, 0.15) is 30.5 Å². The van der Waals surface area contributed by atoms with E-state index in [9.17, 15) is 4.39 Å². The third kappa shape index (κ3) is 4.02. The largest absolute Gasteiger partial charge is 0.261 e. The summed E-state index contributed by atoms with van der Waals surface area (Å²) < 4.78 is 11.8. The third-order valence-electron chi connectivity index (χ3n) is 2.07. The zero-order chi connectivity index (χ0) is 9.52. The highest BCUT2D eigenvalue weighted by molar-refractivity contribution is 5.12. The minimum atomic E-state index is -0.188. The number of unbranched alkanes of at least 4 members (excludes halogenated alkanes) is 2. The molecule has 0 aliphatic rings. The Hall–Kier alpha value is -0.920. The molecule has 13 heavy (non-hydrogen) atoms. The van der Waals surface area contributed by atoms with E-state index < -0.39 is 0 Å². The SMILES string of the molecule is Cc1ccc(CCCCCF)cn1. The molecule has 1 rings (SSSR count). The zero-order valence-corrected chi connectivity index (χ0v) is 8.09. The summed E-state index contributed by atoms with van der Waals surface area (Å²) in [5, 5.41) is 0. The average Bonchev–Trinajstić information content (AvgIpc) is 2.15. The maximum atomic E-state index is 11.8. The second kappa shape index (κ2) is 5.68. The van der Waals surface area contributed by atoms with E-state index in [2.05, 4.69) is 11.1 Å². The number of aryl methyl sites for hydroxylation is 2. The Bertz CT molecular complexity index is 230. The normalized spacial score (nSPS) is 10.3. The van der Waals surface area contributed by atoms with Gasteiger partial charge in [0.2, 0.25) is 0 Å². The van der Waals surface area contributed by atoms with Crippen molar-refractivity contribution in [2.24, 2.45) is 0 Å². The maximum absolute atomic E-state index is 11.8. The molecule has 0 saturated heterocycles. The molecule has 0 unspecified atom stereocenters. The van der Waals surface area contributed by atoms with Crippen LogP contribution < -0.4 is 0 Å². The van der Waals surface area contributed by atoms with Crippen molar-refractivity contribution in [2.75, 3.05) is 6.67 Å². The first kappa shape index (κ1) is 10.2. The predicted molar refractivity (Wildman–Crippen MR) is 52.5 cm³/mol. The summed E-state index contributed by atoms with van der Waals surface area (Å²) in [6.45, 7) is 1.79. The standard InChI is InChI=1S/C11H16FN/c1-10-6-7-11(9-13-10)5-3-2-4-8-12/h6-7,9H,2-5,8H2,1H3. The topological polar surface area (TPSA) is 12.9 Å². The number of aromatic nitrogens is 1. The van der Waals surface area contributed by atoms with Crippen molar-refractivity contribution < 1.29 is 4.39 Å². The van der Waals surface area contributed by atoms with Crippen LogP contribution >= 0.6 is 0 Å². The molecule has 1 aromatic rings. The Labute approximate surface area is 79.0 Å². The van der Waals surface area contributed by atoms with Gasteiger partial charge in [-0.2, -0.15) is 0 Å². The van der Waals surface area contributed by atoms with Crippen molar-refractivity contribution in [3.05, 3.63) is 29.6 Å². The van der Waals surface area contributed by atoms with Gasteiger partial charge in [-0.05, 0) is 37.8 Å². The van der Waals surface area contributed by atoms with Crippen molar-refractivity contribution in [2.45, 2.75) is 32.6 Å². The molecular formula is C11H16FN. The second-order valence-corrected chi connectivity index (χ2v) is 3.31. The molecule has 1 nitrogen and oxygen atoms in total. The number of hydrogen-bond acceptors (Lipinski definition) is 1. The van der Waals surface area contributed by atoms with E-state index >= 15 is 0 Å². The first-order valence-corrected chi connectivity index (χ1v) is 4.80. The van der Waals surface area contributed by atoms with Gasteiger partial charge in [0.25, 0.3) is 0 Å². The number of pyridine rings is 1. The van der Waals surface area contributed by atoms with Gasteiger partial charge in [0.15, 0.2) is 0 Å². The Kier molecular flexibility index (Phi) is 4.44. The zero-order valence-electron chi connectivity index (χ0n) is 8.09. The van der Waals surface area contributed by atoms with Crippen molar-refractivity contribution in [3.63, 3.8) is 0 Å². The van der Waals surface area contributed by atoms with E-state index in [1.807, 2.05) is 19.2 Å². The molecule has 0 bridgehead atoms. The lowest BCUT2D eigenvalue weighted by Gasteiger charge is -2.00. The Morgan fingerprint density at radius 3 is 2.69 bits per heavy atom. The highest BCUT2D eigenvalue weighted by atomic mass is 19.1. The fraction of sp³-hybridized carbons (Fsp3) is 0.545. The third-order valence-corrected chi connectivity index (χ3v) is 2.07. The van der Waals surface area contributed by atoms with Crippen molar-refractivity contribution in [1.29, 1.82) is 0 Å². The Morgan fingerprint density at radius 2 is 2.08 bits per heavy atom. The number of alkyl halides is 1. The molecule has 1 aromatic heterocycles. The van der Waals surface area contributed by atoms with E-state index in [4.69, 9.17) is 0 Å². The molecule has 72 valence electrons. The molecule has 0 N–H and O–H groups in total. The molecule has 0 aliphatic heterocycles. The van der Waals surface area contributed by atoms with E-state index in [-0.39, 0.29) is 6.67 Å². The van der Waals surface area contributed by atoms with Crippen LogP contribution in [0.5, 0.6) is 0 Å². The van der Waals surface area contributed by atoms with Crippen molar-refractivity contribution in [1.82, 2.24) is 4.98 Å². The molecule has 2 heteroatoms. The van der Waals surface area contributed by atoms with E-state index in [1.54, 1.807) is 0 Å². The second-order valence-electron chi connectivity index (χ2n) is 3.31. The Morgan fingerprint density at radius 1 is 1.23 bits per heavy atom. The Balaban J connectivity index is 2.25. The predicted octanol–water partition coefficient (Wildman–Crippen LogP) is 3.07. The number of hydrogen-bond donors (Lipinski definition) is 0. The average molecular weight is 181 g/mol. The lowest BCUT2D eigenvalue weighted by atomic mass is 10.1. The van der Waals surface area contributed by atoms with Crippen LogP contribution in [-0.4, -0.2) is 11.7 Å². The summed E-state index contributed by atoms with van der Waals surface area (Å²) in [5.74, 6) is 0. The van der Waals surface area contributed by atoms with Crippen LogP contribution in [0.3, 0.4) is 0 Å². The highest BCUT2D eigenvalue weighted by Crippen LogP contribution is 2.06. The molecular weight excluding hydrogens is 165 g/mol. The van der Waals surface area contributed by atoms with E-state index in [0.29, 0.717) is 6.42 Å². The van der Waals surface area contributed by atoms with Gasteiger partial charge in [-0.15, -0.1) is 0 Å². The first-order chi connectivity index (χ1) is 6.33. The van der Waals surface area contributed by atoms with Crippen LogP contribution in [0.2, 0.25) is 0 Å². The molecule has 0 radical (unpaired) electrons.